The van der Waals surface area contributed by atoms with Crippen LogP contribution in [0.1, 0.15) is 34.5 Å². The number of hydrogen-bond donors (Lipinski definition) is 4. The van der Waals surface area contributed by atoms with E-state index in [-0.39, 0.29) is 23.4 Å². The van der Waals surface area contributed by atoms with Gasteiger partial charge in [0.1, 0.15) is 24.0 Å². The van der Waals surface area contributed by atoms with Crippen molar-refractivity contribution in [2.24, 2.45) is 0 Å². The van der Waals surface area contributed by atoms with Gasteiger partial charge in [-0.25, -0.2) is 14.4 Å². The number of benzene rings is 1. The van der Waals surface area contributed by atoms with Gasteiger partial charge in [-0.3, -0.25) is 9.89 Å². The number of carbonyl (C=O) groups excluding carboxylic acids is 1. The van der Waals surface area contributed by atoms with Crippen molar-refractivity contribution in [3.63, 3.8) is 0 Å². The zero-order valence-electron chi connectivity index (χ0n) is 16.6. The Labute approximate surface area is 176 Å². The second-order valence-electron chi connectivity index (χ2n) is 7.46. The molecule has 2 aromatic heterocycles. The number of nitriles is 1. The lowest BCUT2D eigenvalue weighted by molar-refractivity contribution is 0.0392. The van der Waals surface area contributed by atoms with Crippen molar-refractivity contribution in [1.82, 2.24) is 25.1 Å². The van der Waals surface area contributed by atoms with Crippen LogP contribution < -0.4 is 5.32 Å². The highest BCUT2D eigenvalue weighted by molar-refractivity contribution is 6.07. The molecule has 0 unspecified atom stereocenters. The largest absolute Gasteiger partial charge is 0.390 e. The summed E-state index contributed by atoms with van der Waals surface area (Å²) in [5.74, 6) is -0.875. The lowest BCUT2D eigenvalue weighted by Gasteiger charge is -2.20. The fraction of sp³-hybridized carbons (Fsp3) is 0.350. The summed E-state index contributed by atoms with van der Waals surface area (Å²) in [6.07, 6.45) is 0.477. The quantitative estimate of drug-likeness (QED) is 0.471. The van der Waals surface area contributed by atoms with Gasteiger partial charge in [-0.05, 0) is 18.9 Å². The summed E-state index contributed by atoms with van der Waals surface area (Å²) in [5.41, 5.74) is 0.457. The molecule has 1 saturated carbocycles. The molecule has 11 heteroatoms. The molecule has 0 spiro atoms. The summed E-state index contributed by atoms with van der Waals surface area (Å²) in [4.78, 5) is 22.6. The van der Waals surface area contributed by atoms with E-state index in [0.717, 1.165) is 0 Å². The summed E-state index contributed by atoms with van der Waals surface area (Å²) < 4.78 is 14.4. The molecule has 0 bridgehead atoms. The predicted octanol–water partition coefficient (Wildman–Crippen LogP) is 0.932. The van der Waals surface area contributed by atoms with Crippen LogP contribution in [0, 0.1) is 17.1 Å². The Kier molecular flexibility index (Phi) is 5.50. The van der Waals surface area contributed by atoms with Crippen molar-refractivity contribution in [3.8, 4) is 6.07 Å². The van der Waals surface area contributed by atoms with Crippen LogP contribution in [-0.2, 0) is 6.54 Å². The summed E-state index contributed by atoms with van der Waals surface area (Å²) in [6, 6.07) is 5.77. The molecule has 10 nitrogen and oxygen atoms in total. The highest BCUT2D eigenvalue weighted by Gasteiger charge is 2.34. The minimum absolute atomic E-state index is 0.0329. The average Bonchev–Trinajstić information content (AvgIpc) is 3.34. The molecule has 160 valence electrons. The zero-order valence-corrected chi connectivity index (χ0v) is 16.6. The van der Waals surface area contributed by atoms with E-state index >= 15 is 0 Å². The number of carbonyl (C=O) groups is 1. The fourth-order valence-electron chi connectivity index (χ4n) is 3.71. The molecule has 1 aromatic carbocycles. The van der Waals surface area contributed by atoms with Crippen molar-refractivity contribution in [2.45, 2.75) is 37.6 Å². The van der Waals surface area contributed by atoms with Gasteiger partial charge in [0.25, 0.3) is 5.91 Å². The Morgan fingerprint density at radius 1 is 1.39 bits per heavy atom. The number of anilines is 1. The van der Waals surface area contributed by atoms with E-state index in [2.05, 4.69) is 25.5 Å². The minimum Gasteiger partial charge on any atom is -0.390 e. The second-order valence-corrected chi connectivity index (χ2v) is 7.46. The molecule has 2 heterocycles. The van der Waals surface area contributed by atoms with Gasteiger partial charge in [0.05, 0.1) is 29.2 Å². The van der Waals surface area contributed by atoms with Crippen molar-refractivity contribution in [1.29, 1.82) is 5.26 Å². The van der Waals surface area contributed by atoms with E-state index in [1.807, 2.05) is 0 Å². The number of H-pyrrole nitrogens is 1. The molecule has 1 aliphatic rings. The maximum atomic E-state index is 14.4. The normalized spacial score (nSPS) is 20.5. The van der Waals surface area contributed by atoms with Gasteiger partial charge in [0.15, 0.2) is 11.3 Å². The summed E-state index contributed by atoms with van der Waals surface area (Å²) >= 11 is 0. The van der Waals surface area contributed by atoms with Gasteiger partial charge < -0.3 is 20.4 Å². The van der Waals surface area contributed by atoms with Crippen LogP contribution in [0.5, 0.6) is 0 Å². The van der Waals surface area contributed by atoms with E-state index in [1.165, 1.54) is 30.4 Å². The molecule has 1 amide bonds. The summed E-state index contributed by atoms with van der Waals surface area (Å²) in [7, 11) is 1.50. The number of nitrogens with zero attached hydrogens (tertiary/aromatic N) is 5. The Morgan fingerprint density at radius 2 is 2.19 bits per heavy atom. The van der Waals surface area contributed by atoms with Crippen molar-refractivity contribution >= 4 is 22.8 Å². The highest BCUT2D eigenvalue weighted by atomic mass is 19.1. The molecule has 3 atom stereocenters. The third-order valence-corrected chi connectivity index (χ3v) is 5.42. The van der Waals surface area contributed by atoms with Crippen LogP contribution in [0.15, 0.2) is 24.5 Å². The van der Waals surface area contributed by atoms with Crippen molar-refractivity contribution in [2.75, 3.05) is 12.4 Å². The number of halogens is 1. The SMILES string of the molecule is CN(Cc1cccc(C#N)c1F)C(=O)c1n[nH]c2ncnc(N[C@@H]3CC[C@@H](O)[C@H]3O)c12. The molecule has 0 radical (unpaired) electrons. The summed E-state index contributed by atoms with van der Waals surface area (Å²) in [6.45, 7) is -0.0709. The third-order valence-electron chi connectivity index (χ3n) is 5.42. The Morgan fingerprint density at radius 3 is 2.90 bits per heavy atom. The molecule has 4 rings (SSSR count). The minimum atomic E-state index is -0.964. The Hall–Kier alpha value is -3.62. The topological polar surface area (TPSA) is 151 Å². The standard InChI is InChI=1S/C20H20FN7O3/c1-28(8-11-4-2-3-10(7-22)15(11)21)20(31)16-14-18(23-9-24-19(14)27-26-16)25-12-5-6-13(29)17(12)30/h2-4,9,12-13,17,29-30H,5-6,8H2,1H3,(H2,23,24,25,26,27)/t12-,13-,17+/m1/s1. The molecule has 3 aromatic rings. The van der Waals surface area contributed by atoms with Gasteiger partial charge in [0, 0.05) is 19.2 Å². The van der Waals surface area contributed by atoms with Crippen LogP contribution in [0.4, 0.5) is 10.2 Å². The Bertz CT molecular complexity index is 1180. The van der Waals surface area contributed by atoms with Gasteiger partial charge in [-0.1, -0.05) is 12.1 Å². The molecule has 0 saturated heterocycles. The first kappa shape index (κ1) is 20.6. The van der Waals surface area contributed by atoms with E-state index in [9.17, 15) is 19.4 Å². The van der Waals surface area contributed by atoms with Gasteiger partial charge >= 0.3 is 0 Å². The first-order chi connectivity index (χ1) is 14.9. The molecule has 1 fully saturated rings. The smallest absolute Gasteiger partial charge is 0.275 e. The molecule has 4 N–H and O–H groups in total. The lowest BCUT2D eigenvalue weighted by atomic mass is 10.1. The number of aliphatic hydroxyl groups excluding tert-OH is 2. The number of aliphatic hydroxyl groups is 2. The number of hydrogen-bond acceptors (Lipinski definition) is 8. The first-order valence-electron chi connectivity index (χ1n) is 9.65. The van der Waals surface area contributed by atoms with E-state index in [1.54, 1.807) is 12.1 Å². The lowest BCUT2D eigenvalue weighted by Crippen LogP contribution is -2.34. The number of nitrogens with one attached hydrogen (secondary N) is 2. The first-order valence-corrected chi connectivity index (χ1v) is 9.65. The number of aromatic amines is 1. The number of aromatic nitrogens is 4. The third kappa shape index (κ3) is 3.78. The maximum Gasteiger partial charge on any atom is 0.275 e. The van der Waals surface area contributed by atoms with Crippen LogP contribution >= 0.6 is 0 Å². The van der Waals surface area contributed by atoms with Crippen LogP contribution in [0.25, 0.3) is 11.0 Å². The molecule has 1 aliphatic carbocycles. The molecular formula is C20H20FN7O3. The van der Waals surface area contributed by atoms with Crippen LogP contribution in [-0.4, -0.2) is 66.5 Å². The number of fused-ring (bicyclic) bond motifs is 1. The van der Waals surface area contributed by atoms with E-state index < -0.39 is 30.0 Å². The average molecular weight is 425 g/mol. The van der Waals surface area contributed by atoms with Gasteiger partial charge in [-0.15, -0.1) is 0 Å². The predicted molar refractivity (Wildman–Crippen MR) is 107 cm³/mol. The second kappa shape index (κ2) is 8.25. The van der Waals surface area contributed by atoms with Gasteiger partial charge in [-0.2, -0.15) is 10.4 Å². The maximum absolute atomic E-state index is 14.4. The monoisotopic (exact) mass is 425 g/mol. The fourth-order valence-corrected chi connectivity index (χ4v) is 3.71. The van der Waals surface area contributed by atoms with Crippen LogP contribution in [0.3, 0.4) is 0 Å². The number of rotatable bonds is 5. The van der Waals surface area contributed by atoms with E-state index in [4.69, 9.17) is 5.26 Å². The van der Waals surface area contributed by atoms with Crippen LogP contribution in [0.2, 0.25) is 0 Å². The van der Waals surface area contributed by atoms with Crippen molar-refractivity contribution in [3.05, 3.63) is 47.2 Å². The Balaban J connectivity index is 1.62. The highest BCUT2D eigenvalue weighted by Crippen LogP contribution is 2.28. The molecule has 0 aliphatic heterocycles. The van der Waals surface area contributed by atoms with E-state index in [0.29, 0.717) is 29.7 Å². The number of amides is 1. The van der Waals surface area contributed by atoms with Crippen molar-refractivity contribution < 1.29 is 19.4 Å². The zero-order chi connectivity index (χ0) is 22.1. The molecular weight excluding hydrogens is 405 g/mol. The summed E-state index contributed by atoms with van der Waals surface area (Å²) in [5, 5.41) is 39.1. The molecule has 31 heavy (non-hydrogen) atoms. The van der Waals surface area contributed by atoms with Gasteiger partial charge in [0.2, 0.25) is 0 Å².